The van der Waals surface area contributed by atoms with Gasteiger partial charge in [-0.25, -0.2) is 9.78 Å². The number of aromatic carboxylic acids is 1. The van der Waals surface area contributed by atoms with Gasteiger partial charge in [0.1, 0.15) is 0 Å². The first-order valence-corrected chi connectivity index (χ1v) is 6.13. The maximum atomic E-state index is 10.8. The molecule has 5 nitrogen and oxygen atoms in total. The number of carboxylic acid groups (broad SMARTS) is 1. The van der Waals surface area contributed by atoms with Crippen LogP contribution in [-0.2, 0) is 0 Å². The first-order chi connectivity index (χ1) is 8.47. The second kappa shape index (κ2) is 4.66. The molecule has 0 radical (unpaired) electrons. The van der Waals surface area contributed by atoms with Crippen LogP contribution in [0.15, 0.2) is 18.2 Å². The summed E-state index contributed by atoms with van der Waals surface area (Å²) in [5, 5.41) is 12.7. The van der Waals surface area contributed by atoms with E-state index >= 15 is 0 Å². The van der Waals surface area contributed by atoms with Gasteiger partial charge in [-0.2, -0.15) is 0 Å². The van der Waals surface area contributed by atoms with Gasteiger partial charge in [-0.05, 0) is 32.0 Å². The molecule has 0 aliphatic heterocycles. The summed E-state index contributed by atoms with van der Waals surface area (Å²) in [5.41, 5.74) is 8.00. The van der Waals surface area contributed by atoms with E-state index in [0.29, 0.717) is 11.4 Å². The molecule has 0 bridgehead atoms. The van der Waals surface area contributed by atoms with Crippen LogP contribution in [0.2, 0.25) is 0 Å². The van der Waals surface area contributed by atoms with E-state index in [1.165, 1.54) is 23.5 Å². The predicted octanol–water partition coefficient (Wildman–Crippen LogP) is 2.78. The van der Waals surface area contributed by atoms with Gasteiger partial charge in [0.05, 0.1) is 22.6 Å². The van der Waals surface area contributed by atoms with Gasteiger partial charge in [-0.15, -0.1) is 11.3 Å². The number of rotatable bonds is 3. The molecule has 0 unspecified atom stereocenters. The van der Waals surface area contributed by atoms with Crippen LogP contribution < -0.4 is 11.1 Å². The molecule has 0 amide bonds. The van der Waals surface area contributed by atoms with Crippen molar-refractivity contribution in [3.8, 4) is 0 Å². The van der Waals surface area contributed by atoms with Crippen LogP contribution in [0.1, 0.15) is 20.9 Å². The average molecular weight is 263 g/mol. The average Bonchev–Trinajstić information content (AvgIpc) is 2.61. The van der Waals surface area contributed by atoms with E-state index in [2.05, 4.69) is 10.3 Å². The fourth-order valence-corrected chi connectivity index (χ4v) is 2.28. The number of benzene rings is 1. The second-order valence-electron chi connectivity index (χ2n) is 3.89. The summed E-state index contributed by atoms with van der Waals surface area (Å²) in [6.45, 7) is 3.93. The molecule has 1 heterocycles. The Kier molecular flexibility index (Phi) is 3.20. The number of thiazole rings is 1. The molecule has 4 N–H and O–H groups in total. The number of aromatic nitrogens is 1. The number of carbonyl (C=O) groups is 1. The number of anilines is 3. The maximum Gasteiger partial charge on any atom is 0.335 e. The lowest BCUT2D eigenvalue weighted by atomic mass is 10.2. The summed E-state index contributed by atoms with van der Waals surface area (Å²) in [4.78, 5) is 16.3. The molecule has 0 saturated heterocycles. The molecule has 94 valence electrons. The van der Waals surface area contributed by atoms with Crippen LogP contribution in [0, 0.1) is 13.8 Å². The van der Waals surface area contributed by atoms with E-state index in [1.807, 2.05) is 13.8 Å². The van der Waals surface area contributed by atoms with Crippen LogP contribution >= 0.6 is 11.3 Å². The summed E-state index contributed by atoms with van der Waals surface area (Å²) >= 11 is 1.53. The normalized spacial score (nSPS) is 10.3. The molecule has 0 saturated carbocycles. The molecule has 0 aliphatic carbocycles. The minimum atomic E-state index is -0.991. The third kappa shape index (κ3) is 2.43. The molecule has 6 heteroatoms. The zero-order valence-electron chi connectivity index (χ0n) is 10.0. The monoisotopic (exact) mass is 263 g/mol. The van der Waals surface area contributed by atoms with Gasteiger partial charge < -0.3 is 16.2 Å². The highest BCUT2D eigenvalue weighted by atomic mass is 32.1. The minimum absolute atomic E-state index is 0.171. The molecule has 2 rings (SSSR count). The van der Waals surface area contributed by atoms with Crippen LogP contribution in [-0.4, -0.2) is 16.1 Å². The van der Waals surface area contributed by atoms with E-state index < -0.39 is 5.97 Å². The van der Waals surface area contributed by atoms with Crippen molar-refractivity contribution in [1.29, 1.82) is 0 Å². The van der Waals surface area contributed by atoms with Crippen LogP contribution in [0.3, 0.4) is 0 Å². The Morgan fingerprint density at radius 2 is 2.17 bits per heavy atom. The van der Waals surface area contributed by atoms with Gasteiger partial charge in [-0.1, -0.05) is 0 Å². The fourth-order valence-electron chi connectivity index (χ4n) is 1.45. The molecule has 18 heavy (non-hydrogen) atoms. The Balaban J connectivity index is 2.27. The summed E-state index contributed by atoms with van der Waals surface area (Å²) in [6.07, 6.45) is 0. The number of nitrogens with one attached hydrogen (secondary N) is 1. The van der Waals surface area contributed by atoms with Crippen molar-refractivity contribution in [2.75, 3.05) is 11.1 Å². The molecule has 0 spiro atoms. The molecule has 1 aromatic carbocycles. The number of carboxylic acids is 1. The largest absolute Gasteiger partial charge is 0.478 e. The van der Waals surface area contributed by atoms with Crippen molar-refractivity contribution in [1.82, 2.24) is 4.98 Å². The summed E-state index contributed by atoms with van der Waals surface area (Å²) in [6, 6.07) is 4.58. The smallest absolute Gasteiger partial charge is 0.335 e. The Bertz CT molecular complexity index is 588. The van der Waals surface area contributed by atoms with Gasteiger partial charge in [0.15, 0.2) is 5.13 Å². The molecule has 0 atom stereocenters. The first-order valence-electron chi connectivity index (χ1n) is 5.31. The second-order valence-corrected chi connectivity index (χ2v) is 5.10. The molecule has 1 aromatic heterocycles. The Morgan fingerprint density at radius 3 is 2.67 bits per heavy atom. The van der Waals surface area contributed by atoms with E-state index in [0.717, 1.165) is 15.7 Å². The van der Waals surface area contributed by atoms with Crippen molar-refractivity contribution in [2.45, 2.75) is 13.8 Å². The summed E-state index contributed by atoms with van der Waals surface area (Å²) < 4.78 is 0. The third-order valence-electron chi connectivity index (χ3n) is 2.57. The highest BCUT2D eigenvalue weighted by molar-refractivity contribution is 7.15. The van der Waals surface area contributed by atoms with Gasteiger partial charge in [0.25, 0.3) is 0 Å². The molecule has 0 aliphatic rings. The SMILES string of the molecule is Cc1nc(Nc2ccc(C(=O)O)cc2N)sc1C. The molecular weight excluding hydrogens is 250 g/mol. The lowest BCUT2D eigenvalue weighted by molar-refractivity contribution is 0.0697. The lowest BCUT2D eigenvalue weighted by Crippen LogP contribution is -2.01. The number of nitrogens with two attached hydrogens (primary N) is 1. The van der Waals surface area contributed by atoms with Gasteiger partial charge in [0.2, 0.25) is 0 Å². The predicted molar refractivity (Wildman–Crippen MR) is 72.7 cm³/mol. The standard InChI is InChI=1S/C12H13N3O2S/c1-6-7(2)18-12(14-6)15-10-4-3-8(11(16)17)5-9(10)13/h3-5H,13H2,1-2H3,(H,14,15)(H,16,17). The zero-order chi connectivity index (χ0) is 13.3. The van der Waals surface area contributed by atoms with Crippen molar-refractivity contribution in [2.24, 2.45) is 0 Å². The zero-order valence-corrected chi connectivity index (χ0v) is 10.8. The van der Waals surface area contributed by atoms with Crippen molar-refractivity contribution >= 4 is 33.8 Å². The highest BCUT2D eigenvalue weighted by Gasteiger charge is 2.08. The van der Waals surface area contributed by atoms with Gasteiger partial charge in [-0.3, -0.25) is 0 Å². The van der Waals surface area contributed by atoms with E-state index in [4.69, 9.17) is 10.8 Å². The van der Waals surface area contributed by atoms with Crippen molar-refractivity contribution in [3.05, 3.63) is 34.3 Å². The quantitative estimate of drug-likeness (QED) is 0.741. The number of aryl methyl sites for hydroxylation is 2. The van der Waals surface area contributed by atoms with E-state index in [1.54, 1.807) is 6.07 Å². The van der Waals surface area contributed by atoms with Gasteiger partial charge >= 0.3 is 5.97 Å². The van der Waals surface area contributed by atoms with Crippen molar-refractivity contribution in [3.63, 3.8) is 0 Å². The molecule has 0 fully saturated rings. The number of nitrogens with zero attached hydrogens (tertiary/aromatic N) is 1. The Labute approximate surface area is 108 Å². The number of hydrogen-bond acceptors (Lipinski definition) is 5. The number of nitrogen functional groups attached to an aromatic ring is 1. The topological polar surface area (TPSA) is 88.2 Å². The maximum absolute atomic E-state index is 10.8. The highest BCUT2D eigenvalue weighted by Crippen LogP contribution is 2.28. The fraction of sp³-hybridized carbons (Fsp3) is 0.167. The van der Waals surface area contributed by atoms with Gasteiger partial charge in [0, 0.05) is 4.88 Å². The molecule has 2 aromatic rings. The van der Waals surface area contributed by atoms with Crippen LogP contribution in [0.5, 0.6) is 0 Å². The third-order valence-corrected chi connectivity index (χ3v) is 3.56. The van der Waals surface area contributed by atoms with Crippen LogP contribution in [0.4, 0.5) is 16.5 Å². The Hall–Kier alpha value is -2.08. The van der Waals surface area contributed by atoms with E-state index in [-0.39, 0.29) is 5.56 Å². The summed E-state index contributed by atoms with van der Waals surface area (Å²) in [5.74, 6) is -0.991. The van der Waals surface area contributed by atoms with E-state index in [9.17, 15) is 4.79 Å². The van der Waals surface area contributed by atoms with Crippen molar-refractivity contribution < 1.29 is 9.90 Å². The Morgan fingerprint density at radius 1 is 1.44 bits per heavy atom. The molecular formula is C12H13N3O2S. The first kappa shape index (κ1) is 12.4. The number of hydrogen-bond donors (Lipinski definition) is 3. The van der Waals surface area contributed by atoms with Crippen LogP contribution in [0.25, 0.3) is 0 Å². The summed E-state index contributed by atoms with van der Waals surface area (Å²) in [7, 11) is 0. The minimum Gasteiger partial charge on any atom is -0.478 e. The lowest BCUT2D eigenvalue weighted by Gasteiger charge is -2.07.